The Kier molecular flexibility index (Phi) is 6.36. The minimum Gasteiger partial charge on any atom is -0.412 e. The molecule has 0 aliphatic heterocycles. The molecule has 2 aromatic rings. The van der Waals surface area contributed by atoms with Crippen molar-refractivity contribution in [2.45, 2.75) is 45.5 Å². The van der Waals surface area contributed by atoms with Crippen molar-refractivity contribution in [2.24, 2.45) is 0 Å². The van der Waals surface area contributed by atoms with Crippen LogP contribution in [0.2, 0.25) is 18.1 Å². The Bertz CT molecular complexity index is 806. The molecule has 1 N–H and O–H groups in total. The zero-order valence-electron chi connectivity index (χ0n) is 15.7. The van der Waals surface area contributed by atoms with Gasteiger partial charge in [-0.2, -0.15) is 4.39 Å². The van der Waals surface area contributed by atoms with Crippen molar-refractivity contribution in [3.05, 3.63) is 58.1 Å². The number of nitrogens with zero attached hydrogens (tertiary/aromatic N) is 1. The van der Waals surface area contributed by atoms with E-state index in [1.807, 2.05) is 18.2 Å². The second-order valence-electron chi connectivity index (χ2n) is 7.67. The molecule has 4 nitrogen and oxygen atoms in total. The van der Waals surface area contributed by atoms with E-state index in [-0.39, 0.29) is 10.6 Å². The summed E-state index contributed by atoms with van der Waals surface area (Å²) < 4.78 is 20.4. The molecule has 26 heavy (non-hydrogen) atoms. The van der Waals surface area contributed by atoms with Crippen LogP contribution in [0.4, 0.5) is 10.1 Å². The van der Waals surface area contributed by atoms with Crippen LogP contribution in [0, 0.1) is 5.95 Å². The lowest BCUT2D eigenvalue weighted by molar-refractivity contribution is 0.102. The Balaban J connectivity index is 2.21. The van der Waals surface area contributed by atoms with Gasteiger partial charge in [-0.25, -0.2) is 4.98 Å². The lowest BCUT2D eigenvalue weighted by atomic mass is 10.1. The van der Waals surface area contributed by atoms with Crippen molar-refractivity contribution >= 4 is 35.8 Å². The summed E-state index contributed by atoms with van der Waals surface area (Å²) in [6.07, 6.45) is 1.27. The van der Waals surface area contributed by atoms with E-state index in [0.717, 1.165) is 16.1 Å². The van der Waals surface area contributed by atoms with Gasteiger partial charge < -0.3 is 9.74 Å². The first-order valence-electron chi connectivity index (χ1n) is 8.35. The maximum absolute atomic E-state index is 13.3. The molecule has 0 saturated heterocycles. The summed E-state index contributed by atoms with van der Waals surface area (Å²) in [6, 6.07) is 8.23. The molecule has 0 radical (unpaired) electrons. The molecule has 7 heteroatoms. The maximum Gasteiger partial charge on any atom is 0.255 e. The van der Waals surface area contributed by atoms with Crippen molar-refractivity contribution in [1.29, 1.82) is 0 Å². The van der Waals surface area contributed by atoms with Gasteiger partial charge in [-0.1, -0.05) is 42.8 Å². The Morgan fingerprint density at radius 1 is 1.27 bits per heavy atom. The van der Waals surface area contributed by atoms with Crippen LogP contribution >= 0.6 is 15.9 Å². The number of halogens is 2. The van der Waals surface area contributed by atoms with Crippen LogP contribution in [0.15, 0.2) is 41.0 Å². The average molecular weight is 439 g/mol. The van der Waals surface area contributed by atoms with Crippen LogP contribution in [0.1, 0.15) is 36.7 Å². The van der Waals surface area contributed by atoms with Crippen LogP contribution in [0.5, 0.6) is 0 Å². The van der Waals surface area contributed by atoms with Gasteiger partial charge in [0.05, 0.1) is 6.61 Å². The molecular formula is C19H24BrFN2O2Si. The molecular weight excluding hydrogens is 415 g/mol. The average Bonchev–Trinajstić information content (AvgIpc) is 2.53. The van der Waals surface area contributed by atoms with E-state index in [1.165, 1.54) is 12.3 Å². The lowest BCUT2D eigenvalue weighted by Gasteiger charge is -2.36. The zero-order valence-corrected chi connectivity index (χ0v) is 18.3. The normalized spacial score (nSPS) is 12.1. The predicted molar refractivity (Wildman–Crippen MR) is 108 cm³/mol. The molecule has 2 rings (SSSR count). The van der Waals surface area contributed by atoms with Gasteiger partial charge in [-0.05, 0) is 36.3 Å². The summed E-state index contributed by atoms with van der Waals surface area (Å²) in [5, 5.41) is 2.94. The van der Waals surface area contributed by atoms with Gasteiger partial charge in [0.1, 0.15) is 0 Å². The summed E-state index contributed by atoms with van der Waals surface area (Å²) >= 11 is 3.42. The van der Waals surface area contributed by atoms with Gasteiger partial charge in [-0.15, -0.1) is 0 Å². The monoisotopic (exact) mass is 438 g/mol. The lowest BCUT2D eigenvalue weighted by Crippen LogP contribution is -2.40. The fourth-order valence-corrected chi connectivity index (χ4v) is 3.31. The van der Waals surface area contributed by atoms with Crippen LogP contribution < -0.4 is 5.32 Å². The minimum atomic E-state index is -1.92. The molecule has 0 unspecified atom stereocenters. The molecule has 0 fully saturated rings. The highest BCUT2D eigenvalue weighted by Crippen LogP contribution is 2.37. The van der Waals surface area contributed by atoms with E-state index >= 15 is 0 Å². The highest BCUT2D eigenvalue weighted by molar-refractivity contribution is 9.10. The Morgan fingerprint density at radius 3 is 2.58 bits per heavy atom. The predicted octanol–water partition coefficient (Wildman–Crippen LogP) is 5.76. The van der Waals surface area contributed by atoms with Crippen molar-refractivity contribution in [2.75, 3.05) is 5.32 Å². The largest absolute Gasteiger partial charge is 0.412 e. The highest BCUT2D eigenvalue weighted by atomic mass is 79.9. The van der Waals surface area contributed by atoms with Crippen LogP contribution in [-0.4, -0.2) is 19.2 Å². The third kappa shape index (κ3) is 5.22. The third-order valence-electron chi connectivity index (χ3n) is 4.70. The van der Waals surface area contributed by atoms with E-state index in [2.05, 4.69) is 60.1 Å². The second-order valence-corrected chi connectivity index (χ2v) is 13.4. The van der Waals surface area contributed by atoms with E-state index in [1.54, 1.807) is 0 Å². The number of benzene rings is 1. The van der Waals surface area contributed by atoms with Gasteiger partial charge in [0.15, 0.2) is 8.32 Å². The van der Waals surface area contributed by atoms with E-state index in [4.69, 9.17) is 4.43 Å². The number of amides is 1. The van der Waals surface area contributed by atoms with Crippen LogP contribution in [-0.2, 0) is 11.0 Å². The Morgan fingerprint density at radius 2 is 1.96 bits per heavy atom. The van der Waals surface area contributed by atoms with Gasteiger partial charge >= 0.3 is 0 Å². The molecule has 0 aliphatic rings. The van der Waals surface area contributed by atoms with E-state index in [9.17, 15) is 9.18 Å². The Hall–Kier alpha value is -1.57. The number of carbonyl (C=O) groups is 1. The van der Waals surface area contributed by atoms with Gasteiger partial charge in [-0.3, -0.25) is 4.79 Å². The first-order chi connectivity index (χ1) is 12.0. The molecule has 1 amide bonds. The molecule has 0 aliphatic carbocycles. The Labute approximate surface area is 163 Å². The first-order valence-corrected chi connectivity index (χ1v) is 12.0. The van der Waals surface area contributed by atoms with Crippen LogP contribution in [0.25, 0.3) is 0 Å². The minimum absolute atomic E-state index is 0.0976. The topological polar surface area (TPSA) is 51.2 Å². The van der Waals surface area contributed by atoms with E-state index in [0.29, 0.717) is 12.3 Å². The summed E-state index contributed by atoms with van der Waals surface area (Å²) in [4.78, 5) is 15.9. The first kappa shape index (κ1) is 20.7. The van der Waals surface area contributed by atoms with Crippen molar-refractivity contribution in [1.82, 2.24) is 4.98 Å². The molecule has 1 aromatic heterocycles. The van der Waals surface area contributed by atoms with Gasteiger partial charge in [0.25, 0.3) is 5.91 Å². The number of carbonyl (C=O) groups excluding carboxylic acids is 1. The fraction of sp³-hybridized carbons (Fsp3) is 0.368. The highest BCUT2D eigenvalue weighted by Gasteiger charge is 2.37. The number of pyridine rings is 1. The second kappa shape index (κ2) is 7.98. The molecule has 1 aromatic carbocycles. The number of hydrogen-bond donors (Lipinski definition) is 1. The number of anilines is 1. The number of nitrogens with one attached hydrogen (secondary N) is 1. The molecule has 0 atom stereocenters. The summed E-state index contributed by atoms with van der Waals surface area (Å²) in [5.74, 6) is -1.08. The smallest absolute Gasteiger partial charge is 0.255 e. The zero-order chi connectivity index (χ0) is 19.5. The SMILES string of the molecule is CC(C)(C)[Si](C)(C)OCc1ccc(Br)cc1NC(=O)c1ccnc(F)c1. The molecule has 0 spiro atoms. The molecule has 140 valence electrons. The number of aromatic nitrogens is 1. The fourth-order valence-electron chi connectivity index (χ4n) is 2.00. The summed E-state index contributed by atoms with van der Waals surface area (Å²) in [5.41, 5.74) is 1.73. The standard InChI is InChI=1S/C19H24BrFN2O2Si/c1-19(2,3)26(4,5)25-12-14-6-7-15(20)11-16(14)23-18(24)13-8-9-22-17(21)10-13/h6-11H,12H2,1-5H3,(H,23,24). The van der Waals surface area contributed by atoms with Crippen LogP contribution in [0.3, 0.4) is 0 Å². The quantitative estimate of drug-likeness (QED) is 0.476. The maximum atomic E-state index is 13.3. The number of rotatable bonds is 5. The van der Waals surface area contributed by atoms with Crippen molar-refractivity contribution in [3.63, 3.8) is 0 Å². The summed E-state index contributed by atoms with van der Waals surface area (Å²) in [7, 11) is -1.92. The molecule has 1 heterocycles. The number of hydrogen-bond acceptors (Lipinski definition) is 3. The summed E-state index contributed by atoms with van der Waals surface area (Å²) in [6.45, 7) is 11.3. The van der Waals surface area contributed by atoms with Crippen molar-refractivity contribution in [3.8, 4) is 0 Å². The van der Waals surface area contributed by atoms with Gasteiger partial charge in [0, 0.05) is 33.6 Å². The van der Waals surface area contributed by atoms with E-state index < -0.39 is 20.2 Å². The molecule has 0 bridgehead atoms. The third-order valence-corrected chi connectivity index (χ3v) is 9.68. The molecule has 0 saturated carbocycles. The van der Waals surface area contributed by atoms with Crippen molar-refractivity contribution < 1.29 is 13.6 Å². The van der Waals surface area contributed by atoms with Gasteiger partial charge in [0.2, 0.25) is 5.95 Å².